The number of unbranched alkanes of at least 4 members (excludes halogenated alkanes) is 1. The van der Waals surface area contributed by atoms with Crippen molar-refractivity contribution in [2.45, 2.75) is 39.0 Å². The van der Waals surface area contributed by atoms with Crippen molar-refractivity contribution in [3.63, 3.8) is 0 Å². The number of nitrogens with two attached hydrogens (primary N) is 3. The molecule has 116 valence electrons. The van der Waals surface area contributed by atoms with Gasteiger partial charge in [-0.15, -0.1) is 0 Å². The van der Waals surface area contributed by atoms with Gasteiger partial charge in [0.15, 0.2) is 0 Å². The quantitative estimate of drug-likeness (QED) is 0.399. The van der Waals surface area contributed by atoms with E-state index in [1.807, 2.05) is 0 Å². The number of hydrogen-bond acceptors (Lipinski definition) is 5. The summed E-state index contributed by atoms with van der Waals surface area (Å²) in [6.45, 7) is 9.96. The van der Waals surface area contributed by atoms with Crippen LogP contribution < -0.4 is 17.2 Å². The Morgan fingerprint density at radius 1 is 0.632 bits per heavy atom. The molecule has 0 amide bonds. The largest absolute Gasteiger partial charge is 0.330 e. The first-order chi connectivity index (χ1) is 9.28. The molecule has 0 saturated carbocycles. The van der Waals surface area contributed by atoms with E-state index >= 15 is 0 Å². The molecule has 0 atom stereocenters. The van der Waals surface area contributed by atoms with Crippen molar-refractivity contribution in [3.8, 4) is 0 Å². The van der Waals surface area contributed by atoms with Crippen LogP contribution in [0.25, 0.3) is 0 Å². The third-order valence-electron chi connectivity index (χ3n) is 3.26. The molecule has 0 aliphatic rings. The van der Waals surface area contributed by atoms with E-state index in [0.29, 0.717) is 0 Å². The molecule has 0 unspecified atom stereocenters. The lowest BCUT2D eigenvalue weighted by Crippen LogP contribution is -2.41. The van der Waals surface area contributed by atoms with E-state index < -0.39 is 0 Å². The van der Waals surface area contributed by atoms with E-state index in [4.69, 9.17) is 17.2 Å². The summed E-state index contributed by atoms with van der Waals surface area (Å²) < 4.78 is 0. The van der Waals surface area contributed by atoms with E-state index in [9.17, 15) is 0 Å². The van der Waals surface area contributed by atoms with Gasteiger partial charge in [0.2, 0.25) is 0 Å². The van der Waals surface area contributed by atoms with Crippen LogP contribution in [0.4, 0.5) is 0 Å². The van der Waals surface area contributed by atoms with Crippen LogP contribution in [0, 0.1) is 0 Å². The molecule has 0 fully saturated rings. The third-order valence-corrected chi connectivity index (χ3v) is 3.26. The van der Waals surface area contributed by atoms with Crippen LogP contribution in [0.15, 0.2) is 0 Å². The van der Waals surface area contributed by atoms with Gasteiger partial charge in [0.25, 0.3) is 0 Å². The molecule has 0 aromatic carbocycles. The van der Waals surface area contributed by atoms with Crippen molar-refractivity contribution in [2.24, 2.45) is 17.2 Å². The molecule has 0 aromatic heterocycles. The smallest absolute Gasteiger partial charge is 0.0506 e. The summed E-state index contributed by atoms with van der Waals surface area (Å²) in [5.41, 5.74) is 16.9. The molecule has 0 saturated heterocycles. The van der Waals surface area contributed by atoms with Crippen molar-refractivity contribution in [3.05, 3.63) is 0 Å². The Morgan fingerprint density at radius 3 is 1.32 bits per heavy atom. The minimum Gasteiger partial charge on any atom is -0.330 e. The average molecular weight is 273 g/mol. The lowest BCUT2D eigenvalue weighted by molar-refractivity contribution is 0.127. The van der Waals surface area contributed by atoms with E-state index in [2.05, 4.69) is 16.7 Å². The van der Waals surface area contributed by atoms with Crippen molar-refractivity contribution >= 4 is 0 Å². The van der Waals surface area contributed by atoms with Crippen molar-refractivity contribution in [2.75, 3.05) is 52.5 Å². The van der Waals surface area contributed by atoms with Crippen molar-refractivity contribution < 1.29 is 0 Å². The second kappa shape index (κ2) is 14.2. The van der Waals surface area contributed by atoms with Gasteiger partial charge in [-0.25, -0.2) is 0 Å². The first-order valence-electron chi connectivity index (χ1n) is 7.83. The maximum atomic E-state index is 5.62. The van der Waals surface area contributed by atoms with Gasteiger partial charge < -0.3 is 17.2 Å². The van der Waals surface area contributed by atoms with Gasteiger partial charge >= 0.3 is 0 Å². The molecular weight excluding hydrogens is 238 g/mol. The predicted molar refractivity (Wildman–Crippen MR) is 83.9 cm³/mol. The molecule has 0 aliphatic heterocycles. The molecule has 0 heterocycles. The zero-order valence-corrected chi connectivity index (χ0v) is 12.8. The highest BCUT2D eigenvalue weighted by Gasteiger charge is 2.10. The summed E-state index contributed by atoms with van der Waals surface area (Å²) in [4.78, 5) is 5.00. The predicted octanol–water partition coefficient (Wildman–Crippen LogP) is 0.394. The second-order valence-electron chi connectivity index (χ2n) is 5.16. The second-order valence-corrected chi connectivity index (χ2v) is 5.16. The summed E-state index contributed by atoms with van der Waals surface area (Å²) in [6, 6.07) is 0. The van der Waals surface area contributed by atoms with Crippen LogP contribution >= 0.6 is 0 Å². The summed E-state index contributed by atoms with van der Waals surface area (Å²) in [5.74, 6) is 0. The van der Waals surface area contributed by atoms with Crippen LogP contribution in [0.3, 0.4) is 0 Å². The Bertz CT molecular complexity index is 143. The summed E-state index contributed by atoms with van der Waals surface area (Å²) in [6.07, 6.45) is 5.69. The molecule has 0 aromatic rings. The van der Waals surface area contributed by atoms with Crippen LogP contribution in [-0.4, -0.2) is 62.3 Å². The Labute approximate surface area is 119 Å². The minimum absolute atomic E-state index is 0.761. The Balaban J connectivity index is 4.16. The highest BCUT2D eigenvalue weighted by molar-refractivity contribution is 4.63. The lowest BCUT2D eigenvalue weighted by atomic mass is 10.3. The standard InChI is InChI=1S/C14H35N5/c1-2-3-10-18(11-4-7-15)14-19(12-5-8-16)13-6-9-17/h2-17H2,1H3. The van der Waals surface area contributed by atoms with Gasteiger partial charge in [0, 0.05) is 19.6 Å². The van der Waals surface area contributed by atoms with Gasteiger partial charge in [-0.1, -0.05) is 13.3 Å². The van der Waals surface area contributed by atoms with Gasteiger partial charge in [-0.2, -0.15) is 0 Å². The van der Waals surface area contributed by atoms with Gasteiger partial charge in [0.1, 0.15) is 0 Å². The molecule has 0 aliphatic carbocycles. The number of hydrogen-bond donors (Lipinski definition) is 3. The fourth-order valence-corrected chi connectivity index (χ4v) is 2.12. The first-order valence-corrected chi connectivity index (χ1v) is 7.83. The van der Waals surface area contributed by atoms with Gasteiger partial charge in [0.05, 0.1) is 6.67 Å². The molecule has 0 bridgehead atoms. The van der Waals surface area contributed by atoms with Gasteiger partial charge in [-0.3, -0.25) is 9.80 Å². The molecule has 0 spiro atoms. The SMILES string of the molecule is CCCCN(CCCN)CN(CCCN)CCCN. The fourth-order valence-electron chi connectivity index (χ4n) is 2.12. The lowest BCUT2D eigenvalue weighted by Gasteiger charge is -2.30. The zero-order chi connectivity index (χ0) is 14.3. The molecule has 5 nitrogen and oxygen atoms in total. The molecule has 19 heavy (non-hydrogen) atoms. The third kappa shape index (κ3) is 11.3. The Kier molecular flexibility index (Phi) is 14.1. The molecule has 0 rings (SSSR count). The highest BCUT2D eigenvalue weighted by atomic mass is 15.3. The van der Waals surface area contributed by atoms with Crippen LogP contribution in [0.5, 0.6) is 0 Å². The van der Waals surface area contributed by atoms with E-state index in [0.717, 1.165) is 71.7 Å². The van der Waals surface area contributed by atoms with Crippen LogP contribution in [0.2, 0.25) is 0 Å². The highest BCUT2D eigenvalue weighted by Crippen LogP contribution is 2.02. The number of rotatable bonds is 14. The Hall–Kier alpha value is -0.200. The Morgan fingerprint density at radius 2 is 1.00 bits per heavy atom. The van der Waals surface area contributed by atoms with Crippen molar-refractivity contribution in [1.82, 2.24) is 9.80 Å². The number of nitrogens with zero attached hydrogens (tertiary/aromatic N) is 2. The molecule has 0 radical (unpaired) electrons. The van der Waals surface area contributed by atoms with Crippen molar-refractivity contribution in [1.29, 1.82) is 0 Å². The maximum Gasteiger partial charge on any atom is 0.0506 e. The summed E-state index contributed by atoms with van der Waals surface area (Å²) >= 11 is 0. The summed E-state index contributed by atoms with van der Waals surface area (Å²) in [7, 11) is 0. The minimum atomic E-state index is 0.761. The average Bonchev–Trinajstić information content (AvgIpc) is 2.44. The molecule has 6 N–H and O–H groups in total. The fraction of sp³-hybridized carbons (Fsp3) is 1.00. The zero-order valence-electron chi connectivity index (χ0n) is 12.8. The van der Waals surface area contributed by atoms with E-state index in [1.54, 1.807) is 0 Å². The van der Waals surface area contributed by atoms with Crippen LogP contribution in [0.1, 0.15) is 39.0 Å². The molecule has 5 heteroatoms. The normalized spacial score (nSPS) is 11.7. The first kappa shape index (κ1) is 18.8. The van der Waals surface area contributed by atoms with E-state index in [1.165, 1.54) is 12.8 Å². The summed E-state index contributed by atoms with van der Waals surface area (Å²) in [5, 5.41) is 0. The van der Waals surface area contributed by atoms with E-state index in [-0.39, 0.29) is 0 Å². The van der Waals surface area contributed by atoms with Gasteiger partial charge in [-0.05, 0) is 51.9 Å². The van der Waals surface area contributed by atoms with Crippen LogP contribution in [-0.2, 0) is 0 Å². The topological polar surface area (TPSA) is 84.5 Å². The maximum absolute atomic E-state index is 5.62. The molecular formula is C14H35N5. The monoisotopic (exact) mass is 273 g/mol.